The quantitative estimate of drug-likeness (QED) is 0.336. The summed E-state index contributed by atoms with van der Waals surface area (Å²) in [4.78, 5) is 16.6. The molecule has 164 valence electrons. The highest BCUT2D eigenvalue weighted by atomic mass is 19.1. The number of benzene rings is 2. The van der Waals surface area contributed by atoms with Crippen LogP contribution >= 0.6 is 0 Å². The van der Waals surface area contributed by atoms with Gasteiger partial charge in [-0.2, -0.15) is 0 Å². The topological polar surface area (TPSA) is 63.1 Å². The molecule has 4 rings (SSSR count). The number of allylic oxidation sites excluding steroid dienone is 2. The Balaban J connectivity index is 1.43. The lowest BCUT2D eigenvalue weighted by atomic mass is 10.1. The summed E-state index contributed by atoms with van der Waals surface area (Å²) >= 11 is 0. The molecular formula is C27H24FN5. The van der Waals surface area contributed by atoms with E-state index in [-0.39, 0.29) is 11.5 Å². The number of anilines is 1. The summed E-state index contributed by atoms with van der Waals surface area (Å²) in [7, 11) is 0. The van der Waals surface area contributed by atoms with Gasteiger partial charge in [0.25, 0.3) is 0 Å². The van der Waals surface area contributed by atoms with Crippen molar-refractivity contribution in [1.82, 2.24) is 15.0 Å². The Morgan fingerprint density at radius 1 is 1.06 bits per heavy atom. The van der Waals surface area contributed by atoms with Crippen LogP contribution < -0.4 is 5.32 Å². The minimum Gasteiger partial charge on any atom is -0.363 e. The highest BCUT2D eigenvalue weighted by Gasteiger charge is 2.13. The van der Waals surface area contributed by atoms with Gasteiger partial charge in [-0.05, 0) is 48.1 Å². The molecule has 0 unspecified atom stereocenters. The molecule has 0 amide bonds. The van der Waals surface area contributed by atoms with E-state index in [1.807, 2.05) is 49.4 Å². The standard InChI is InChI=1S/C27H24FN5/c1-3-19(2)30-13-4-5-20-6-8-21(9-7-20)16-31-27-25(28)26(32-18-33-27)23-11-10-22-12-14-29-17-24(22)15-23/h3-4,6-15,17-18H,1,5,16H2,2H3,(H,31,32,33)/b13-4-,30-19-. The lowest BCUT2D eigenvalue weighted by Crippen LogP contribution is -2.05. The molecule has 0 saturated carbocycles. The number of aliphatic imine (C=N–C) groups is 1. The number of hydrogen-bond acceptors (Lipinski definition) is 5. The second-order valence-electron chi connectivity index (χ2n) is 7.56. The van der Waals surface area contributed by atoms with Crippen LogP contribution in [0.5, 0.6) is 0 Å². The number of aromatic nitrogens is 3. The van der Waals surface area contributed by atoms with E-state index in [0.717, 1.165) is 28.5 Å². The minimum atomic E-state index is -0.474. The number of nitrogens with zero attached hydrogens (tertiary/aromatic N) is 4. The normalized spacial score (nSPS) is 11.8. The zero-order valence-corrected chi connectivity index (χ0v) is 18.4. The molecular weight excluding hydrogens is 413 g/mol. The molecule has 0 aliphatic heterocycles. The molecule has 33 heavy (non-hydrogen) atoms. The van der Waals surface area contributed by atoms with Gasteiger partial charge in [0.05, 0.1) is 0 Å². The van der Waals surface area contributed by atoms with E-state index in [2.05, 4.69) is 44.0 Å². The third kappa shape index (κ3) is 5.54. The van der Waals surface area contributed by atoms with E-state index in [1.165, 1.54) is 11.9 Å². The van der Waals surface area contributed by atoms with E-state index in [4.69, 9.17) is 0 Å². The SMILES string of the molecule is C=C/C(C)=N\C=C/Cc1ccc(CNc2ncnc(-c3ccc4ccncc4c3)c2F)cc1. The summed E-state index contributed by atoms with van der Waals surface area (Å²) in [5.74, 6) is -0.299. The molecule has 1 N–H and O–H groups in total. The zero-order valence-electron chi connectivity index (χ0n) is 18.4. The maximum atomic E-state index is 15.2. The molecule has 2 aromatic heterocycles. The van der Waals surface area contributed by atoms with E-state index in [9.17, 15) is 0 Å². The largest absolute Gasteiger partial charge is 0.363 e. The highest BCUT2D eigenvalue weighted by molar-refractivity contribution is 5.92. The predicted molar refractivity (Wildman–Crippen MR) is 133 cm³/mol. The Bertz CT molecular complexity index is 1330. The van der Waals surface area contributed by atoms with Crippen molar-refractivity contribution in [2.75, 3.05) is 5.32 Å². The number of pyridine rings is 1. The number of hydrogen-bond donors (Lipinski definition) is 1. The molecule has 2 aromatic carbocycles. The fourth-order valence-electron chi connectivity index (χ4n) is 3.32. The summed E-state index contributed by atoms with van der Waals surface area (Å²) in [6.45, 7) is 6.04. The Morgan fingerprint density at radius 3 is 2.70 bits per heavy atom. The fraction of sp³-hybridized carbons (Fsp3) is 0.111. The van der Waals surface area contributed by atoms with Gasteiger partial charge in [0.15, 0.2) is 11.6 Å². The first-order chi connectivity index (χ1) is 16.1. The van der Waals surface area contributed by atoms with Crippen LogP contribution in [0.1, 0.15) is 18.1 Å². The van der Waals surface area contributed by atoms with Crippen LogP contribution in [0.2, 0.25) is 0 Å². The molecule has 0 atom stereocenters. The summed E-state index contributed by atoms with van der Waals surface area (Å²) in [6, 6.07) is 15.7. The van der Waals surface area contributed by atoms with Gasteiger partial charge in [-0.15, -0.1) is 0 Å². The molecule has 0 saturated heterocycles. The third-order valence-corrected chi connectivity index (χ3v) is 5.22. The Kier molecular flexibility index (Phi) is 6.95. The lowest BCUT2D eigenvalue weighted by molar-refractivity contribution is 0.621. The number of rotatable bonds is 8. The Labute approximate surface area is 192 Å². The van der Waals surface area contributed by atoms with Crippen LogP contribution in [0.3, 0.4) is 0 Å². The van der Waals surface area contributed by atoms with E-state index in [1.54, 1.807) is 24.7 Å². The first kappa shape index (κ1) is 22.0. The van der Waals surface area contributed by atoms with Crippen molar-refractivity contribution in [3.05, 3.63) is 109 Å². The highest BCUT2D eigenvalue weighted by Crippen LogP contribution is 2.27. The van der Waals surface area contributed by atoms with Crippen molar-refractivity contribution in [2.24, 2.45) is 4.99 Å². The smallest absolute Gasteiger partial charge is 0.191 e. The van der Waals surface area contributed by atoms with Crippen molar-refractivity contribution < 1.29 is 4.39 Å². The van der Waals surface area contributed by atoms with E-state index < -0.39 is 5.82 Å². The van der Waals surface area contributed by atoms with Crippen molar-refractivity contribution in [3.63, 3.8) is 0 Å². The maximum Gasteiger partial charge on any atom is 0.191 e. The number of fused-ring (bicyclic) bond motifs is 1. The van der Waals surface area contributed by atoms with Crippen molar-refractivity contribution in [3.8, 4) is 11.3 Å². The molecule has 0 radical (unpaired) electrons. The molecule has 0 spiro atoms. The van der Waals surface area contributed by atoms with Crippen LogP contribution in [-0.2, 0) is 13.0 Å². The fourth-order valence-corrected chi connectivity index (χ4v) is 3.32. The summed E-state index contributed by atoms with van der Waals surface area (Å²) < 4.78 is 15.2. The molecule has 0 bridgehead atoms. The third-order valence-electron chi connectivity index (χ3n) is 5.22. The van der Waals surface area contributed by atoms with Crippen molar-refractivity contribution in [1.29, 1.82) is 0 Å². The van der Waals surface area contributed by atoms with Gasteiger partial charge < -0.3 is 5.32 Å². The van der Waals surface area contributed by atoms with Gasteiger partial charge in [-0.25, -0.2) is 14.4 Å². The summed E-state index contributed by atoms with van der Waals surface area (Å²) in [5.41, 5.74) is 4.02. The van der Waals surface area contributed by atoms with Crippen LogP contribution in [0, 0.1) is 5.82 Å². The van der Waals surface area contributed by atoms with Crippen molar-refractivity contribution >= 4 is 22.3 Å². The Morgan fingerprint density at radius 2 is 1.88 bits per heavy atom. The first-order valence-electron chi connectivity index (χ1n) is 10.6. The second-order valence-corrected chi connectivity index (χ2v) is 7.56. The van der Waals surface area contributed by atoms with Crippen LogP contribution in [0.25, 0.3) is 22.0 Å². The van der Waals surface area contributed by atoms with Crippen LogP contribution in [0.15, 0.2) is 97.2 Å². The lowest BCUT2D eigenvalue weighted by Gasteiger charge is -2.10. The molecule has 0 aliphatic carbocycles. The summed E-state index contributed by atoms with van der Waals surface area (Å²) in [5, 5.41) is 5.06. The van der Waals surface area contributed by atoms with E-state index >= 15 is 4.39 Å². The maximum absolute atomic E-state index is 15.2. The molecule has 2 heterocycles. The van der Waals surface area contributed by atoms with Gasteiger partial charge in [-0.3, -0.25) is 9.98 Å². The molecule has 0 aliphatic rings. The average molecular weight is 438 g/mol. The van der Waals surface area contributed by atoms with Crippen LogP contribution in [-0.4, -0.2) is 20.7 Å². The number of nitrogens with one attached hydrogen (secondary N) is 1. The van der Waals surface area contributed by atoms with Gasteiger partial charge in [-0.1, -0.05) is 49.1 Å². The molecule has 0 fully saturated rings. The van der Waals surface area contributed by atoms with Gasteiger partial charge >= 0.3 is 0 Å². The average Bonchev–Trinajstić information content (AvgIpc) is 2.86. The first-order valence-corrected chi connectivity index (χ1v) is 10.6. The number of halogens is 1. The van der Waals surface area contributed by atoms with Gasteiger partial charge in [0.2, 0.25) is 0 Å². The van der Waals surface area contributed by atoms with Crippen LogP contribution in [0.4, 0.5) is 10.2 Å². The second kappa shape index (κ2) is 10.4. The zero-order chi connectivity index (χ0) is 23.0. The van der Waals surface area contributed by atoms with Crippen molar-refractivity contribution in [2.45, 2.75) is 19.9 Å². The molecule has 6 heteroatoms. The Hall–Kier alpha value is -4.19. The predicted octanol–water partition coefficient (Wildman–Crippen LogP) is 6.15. The monoisotopic (exact) mass is 437 g/mol. The summed E-state index contributed by atoms with van der Waals surface area (Å²) in [6.07, 6.45) is 11.2. The molecule has 4 aromatic rings. The molecule has 5 nitrogen and oxygen atoms in total. The van der Waals surface area contributed by atoms with E-state index in [0.29, 0.717) is 12.1 Å². The minimum absolute atomic E-state index is 0.175. The van der Waals surface area contributed by atoms with Gasteiger partial charge in [0, 0.05) is 41.8 Å². The van der Waals surface area contributed by atoms with Gasteiger partial charge in [0.1, 0.15) is 12.0 Å².